The topological polar surface area (TPSA) is 48.9 Å². The second-order valence-corrected chi connectivity index (χ2v) is 7.77. The monoisotopic (exact) mass is 384 g/mol. The molecular weight excluding hydrogens is 348 g/mol. The number of aromatic nitrogens is 2. The summed E-state index contributed by atoms with van der Waals surface area (Å²) in [5, 5.41) is 10.9. The number of carbonyl (C=O) groups excluding carboxylic acids is 1. The van der Waals surface area contributed by atoms with Gasteiger partial charge in [-0.05, 0) is 24.5 Å². The van der Waals surface area contributed by atoms with Gasteiger partial charge in [0.15, 0.2) is 0 Å². The van der Waals surface area contributed by atoms with Crippen molar-refractivity contribution < 1.29 is 14.5 Å². The zero-order valence-corrected chi connectivity index (χ0v) is 17.9. The predicted molar refractivity (Wildman–Crippen MR) is 111 cm³/mol. The number of carboxylic acids is 1. The average molecular weight is 385 g/mol. The van der Waals surface area contributed by atoms with Gasteiger partial charge < -0.3 is 9.90 Å². The standard InChI is InChI=1S/C24H36N2O2/c1-4-6-7-8-9-10-11-12-13-23-25(18-20(3)26(23)5-2)19-21-14-16-22(17-15-21)24(27)28/h14-18H,4-13,19H2,1-3H3. The highest BCUT2D eigenvalue weighted by Crippen LogP contribution is 2.13. The van der Waals surface area contributed by atoms with Gasteiger partial charge in [0.25, 0.3) is 5.82 Å². The Kier molecular flexibility index (Phi) is 9.26. The third-order valence-electron chi connectivity index (χ3n) is 5.52. The number of carbonyl (C=O) groups is 1. The first-order valence-corrected chi connectivity index (χ1v) is 11.0. The van der Waals surface area contributed by atoms with E-state index in [0.29, 0.717) is 0 Å². The van der Waals surface area contributed by atoms with E-state index in [1.807, 2.05) is 12.1 Å². The van der Waals surface area contributed by atoms with Crippen molar-refractivity contribution in [3.63, 3.8) is 0 Å². The molecule has 1 aromatic heterocycles. The normalized spacial score (nSPS) is 11.1. The van der Waals surface area contributed by atoms with Crippen molar-refractivity contribution >= 4 is 5.97 Å². The van der Waals surface area contributed by atoms with Crippen LogP contribution in [-0.2, 0) is 19.5 Å². The number of imidazole rings is 1. The maximum absolute atomic E-state index is 10.9. The molecule has 28 heavy (non-hydrogen) atoms. The molecule has 0 radical (unpaired) electrons. The molecule has 0 amide bonds. The number of hydrogen-bond donors (Lipinski definition) is 0. The number of nitrogens with zero attached hydrogens (tertiary/aromatic N) is 2. The molecule has 2 rings (SSSR count). The van der Waals surface area contributed by atoms with Crippen LogP contribution < -0.4 is 9.67 Å². The quantitative estimate of drug-likeness (QED) is 0.384. The number of rotatable bonds is 13. The second kappa shape index (κ2) is 11.7. The Morgan fingerprint density at radius 2 is 1.57 bits per heavy atom. The first-order valence-electron chi connectivity index (χ1n) is 11.0. The van der Waals surface area contributed by atoms with E-state index in [0.717, 1.165) is 25.1 Å². The van der Waals surface area contributed by atoms with Crippen LogP contribution in [0.3, 0.4) is 0 Å². The molecule has 0 bridgehead atoms. The summed E-state index contributed by atoms with van der Waals surface area (Å²) in [5.74, 6) is 0.248. The minimum Gasteiger partial charge on any atom is -0.545 e. The molecule has 4 nitrogen and oxygen atoms in total. The third-order valence-corrected chi connectivity index (χ3v) is 5.52. The van der Waals surface area contributed by atoms with Gasteiger partial charge in [-0.1, -0.05) is 76.1 Å². The van der Waals surface area contributed by atoms with E-state index in [4.69, 9.17) is 0 Å². The van der Waals surface area contributed by atoms with Gasteiger partial charge in [-0.25, -0.2) is 9.13 Å². The molecule has 0 aliphatic carbocycles. The minimum atomic E-state index is -1.12. The highest BCUT2D eigenvalue weighted by molar-refractivity contribution is 5.85. The molecule has 1 heterocycles. The van der Waals surface area contributed by atoms with Crippen molar-refractivity contribution in [2.75, 3.05) is 0 Å². The minimum absolute atomic E-state index is 0.232. The Hall–Kier alpha value is -2.10. The van der Waals surface area contributed by atoms with Gasteiger partial charge in [0.1, 0.15) is 18.4 Å². The Morgan fingerprint density at radius 1 is 0.964 bits per heavy atom. The van der Waals surface area contributed by atoms with E-state index in [2.05, 4.69) is 36.1 Å². The highest BCUT2D eigenvalue weighted by Gasteiger charge is 2.19. The van der Waals surface area contributed by atoms with Crippen LogP contribution >= 0.6 is 0 Å². The molecular formula is C24H36N2O2. The van der Waals surface area contributed by atoms with Gasteiger partial charge in [-0.2, -0.15) is 0 Å². The van der Waals surface area contributed by atoms with E-state index in [1.54, 1.807) is 12.1 Å². The average Bonchev–Trinajstić information content (AvgIpc) is 2.98. The van der Waals surface area contributed by atoms with Crippen LogP contribution in [0.4, 0.5) is 0 Å². The van der Waals surface area contributed by atoms with Crippen LogP contribution in [0.25, 0.3) is 0 Å². The zero-order chi connectivity index (χ0) is 20.4. The number of unbranched alkanes of at least 4 members (excludes halogenated alkanes) is 7. The van der Waals surface area contributed by atoms with Crippen LogP contribution in [0.2, 0.25) is 0 Å². The molecule has 2 aromatic rings. The molecule has 0 aliphatic heterocycles. The molecule has 0 saturated carbocycles. The smallest absolute Gasteiger partial charge is 0.256 e. The summed E-state index contributed by atoms with van der Waals surface area (Å²) in [6, 6.07) is 7.04. The third kappa shape index (κ3) is 6.50. The lowest BCUT2D eigenvalue weighted by atomic mass is 10.1. The van der Waals surface area contributed by atoms with Gasteiger partial charge >= 0.3 is 0 Å². The summed E-state index contributed by atoms with van der Waals surface area (Å²) in [5.41, 5.74) is 2.62. The van der Waals surface area contributed by atoms with Crippen LogP contribution in [0.5, 0.6) is 0 Å². The fraction of sp³-hybridized carbons (Fsp3) is 0.583. The molecule has 1 aromatic carbocycles. The molecule has 0 N–H and O–H groups in total. The summed E-state index contributed by atoms with van der Waals surface area (Å²) in [6.45, 7) is 8.37. The fourth-order valence-corrected chi connectivity index (χ4v) is 3.94. The highest BCUT2D eigenvalue weighted by atomic mass is 16.4. The fourth-order valence-electron chi connectivity index (χ4n) is 3.94. The molecule has 0 aliphatic rings. The lowest BCUT2D eigenvalue weighted by Crippen LogP contribution is -2.37. The summed E-state index contributed by atoms with van der Waals surface area (Å²) < 4.78 is 4.73. The van der Waals surface area contributed by atoms with E-state index in [1.165, 1.54) is 62.9 Å². The predicted octanol–water partition coefficient (Wildman–Crippen LogP) is 4.20. The first-order chi connectivity index (χ1) is 13.6. The van der Waals surface area contributed by atoms with Gasteiger partial charge in [-0.3, -0.25) is 0 Å². The largest absolute Gasteiger partial charge is 0.545 e. The summed E-state index contributed by atoms with van der Waals surface area (Å²) in [4.78, 5) is 10.9. The van der Waals surface area contributed by atoms with Crippen molar-refractivity contribution in [3.8, 4) is 0 Å². The van der Waals surface area contributed by atoms with Crippen LogP contribution in [0.15, 0.2) is 30.5 Å². The zero-order valence-electron chi connectivity index (χ0n) is 17.9. The van der Waals surface area contributed by atoms with Crippen LogP contribution in [-0.4, -0.2) is 10.5 Å². The molecule has 0 unspecified atom stereocenters. The van der Waals surface area contributed by atoms with Crippen LogP contribution in [0, 0.1) is 6.92 Å². The van der Waals surface area contributed by atoms with Gasteiger partial charge in [0.2, 0.25) is 0 Å². The second-order valence-electron chi connectivity index (χ2n) is 7.77. The van der Waals surface area contributed by atoms with Gasteiger partial charge in [0.05, 0.1) is 12.5 Å². The maximum atomic E-state index is 10.9. The first kappa shape index (κ1) is 22.2. The van der Waals surface area contributed by atoms with E-state index in [9.17, 15) is 9.90 Å². The van der Waals surface area contributed by atoms with Crippen molar-refractivity contribution in [1.82, 2.24) is 4.57 Å². The molecule has 0 saturated heterocycles. The van der Waals surface area contributed by atoms with Crippen molar-refractivity contribution in [2.24, 2.45) is 0 Å². The van der Waals surface area contributed by atoms with Gasteiger partial charge in [-0.15, -0.1) is 0 Å². The van der Waals surface area contributed by atoms with Crippen molar-refractivity contribution in [3.05, 3.63) is 53.1 Å². The van der Waals surface area contributed by atoms with Crippen LogP contribution in [0.1, 0.15) is 92.7 Å². The number of benzene rings is 1. The van der Waals surface area contributed by atoms with E-state index in [-0.39, 0.29) is 5.56 Å². The van der Waals surface area contributed by atoms with Crippen molar-refractivity contribution in [2.45, 2.75) is 91.6 Å². The van der Waals surface area contributed by atoms with Crippen molar-refractivity contribution in [1.29, 1.82) is 0 Å². The SMILES string of the molecule is CCCCCCCCCCc1n(CC)c(C)c[n+]1Cc1ccc(C(=O)[O-])cc1. The molecule has 0 atom stereocenters. The maximum Gasteiger partial charge on any atom is 0.256 e. The lowest BCUT2D eigenvalue weighted by Gasteiger charge is -2.07. The Balaban J connectivity index is 1.94. The molecule has 0 spiro atoms. The number of aromatic carboxylic acids is 1. The number of carboxylic acid groups (broad SMARTS) is 1. The Bertz CT molecular complexity index is 732. The lowest BCUT2D eigenvalue weighted by molar-refractivity contribution is -0.695. The number of hydrogen-bond acceptors (Lipinski definition) is 2. The molecule has 0 fully saturated rings. The summed E-state index contributed by atoms with van der Waals surface area (Å²) in [7, 11) is 0. The summed E-state index contributed by atoms with van der Waals surface area (Å²) >= 11 is 0. The molecule has 4 heteroatoms. The van der Waals surface area contributed by atoms with E-state index >= 15 is 0 Å². The number of aryl methyl sites for hydroxylation is 1. The molecule has 154 valence electrons. The van der Waals surface area contributed by atoms with Gasteiger partial charge in [0, 0.05) is 13.3 Å². The van der Waals surface area contributed by atoms with E-state index < -0.39 is 5.97 Å². The Labute approximate surface area is 170 Å². The summed E-state index contributed by atoms with van der Waals surface area (Å²) in [6.07, 6.45) is 14.0. The Morgan fingerprint density at radius 3 is 2.14 bits per heavy atom.